The number of nitrogen functional groups attached to an aromatic ring is 1. The fourth-order valence-electron chi connectivity index (χ4n) is 2.98. The third-order valence-corrected chi connectivity index (χ3v) is 4.05. The molecule has 0 bridgehead atoms. The van der Waals surface area contributed by atoms with E-state index in [0.29, 0.717) is 0 Å². The number of hydrogen-bond acceptors (Lipinski definition) is 1. The monoisotopic (exact) mass is 269 g/mol. The summed E-state index contributed by atoms with van der Waals surface area (Å²) in [4.78, 5) is 0. The molecule has 0 saturated carbocycles. The lowest BCUT2D eigenvalue weighted by Gasteiger charge is -2.11. The molecule has 4 aromatic rings. The van der Waals surface area contributed by atoms with E-state index in [4.69, 9.17) is 5.73 Å². The van der Waals surface area contributed by atoms with Crippen LogP contribution in [0.2, 0.25) is 0 Å². The van der Waals surface area contributed by atoms with E-state index in [1.807, 2.05) is 18.2 Å². The maximum Gasteiger partial charge on any atom is 0.0473 e. The summed E-state index contributed by atoms with van der Waals surface area (Å²) in [6, 6.07) is 27.3. The maximum atomic E-state index is 6.44. The molecule has 4 aromatic carbocycles. The molecule has 0 heterocycles. The molecule has 0 aliphatic rings. The molecule has 100 valence electrons. The molecular weight excluding hydrogens is 254 g/mol. The number of nitrogens with two attached hydrogens (primary N) is 1. The van der Waals surface area contributed by atoms with E-state index in [2.05, 4.69) is 60.7 Å². The maximum absolute atomic E-state index is 6.44. The topological polar surface area (TPSA) is 26.0 Å². The van der Waals surface area contributed by atoms with Crippen molar-refractivity contribution in [1.82, 2.24) is 0 Å². The van der Waals surface area contributed by atoms with Crippen LogP contribution in [0.15, 0.2) is 78.9 Å². The minimum atomic E-state index is 0.851. The van der Waals surface area contributed by atoms with Crippen molar-refractivity contribution >= 4 is 27.2 Å². The minimum absolute atomic E-state index is 0.851. The van der Waals surface area contributed by atoms with Crippen LogP contribution < -0.4 is 5.73 Å². The van der Waals surface area contributed by atoms with Gasteiger partial charge in [-0.1, -0.05) is 78.9 Å². The van der Waals surface area contributed by atoms with Crippen LogP contribution >= 0.6 is 0 Å². The first-order chi connectivity index (χ1) is 10.3. The van der Waals surface area contributed by atoms with Crippen molar-refractivity contribution in [3.8, 4) is 11.1 Å². The second-order valence-electron chi connectivity index (χ2n) is 5.27. The average Bonchev–Trinajstić information content (AvgIpc) is 2.56. The molecule has 1 heteroatoms. The zero-order valence-electron chi connectivity index (χ0n) is 11.6. The highest BCUT2D eigenvalue weighted by Crippen LogP contribution is 2.35. The number of fused-ring (bicyclic) bond motifs is 3. The predicted octanol–water partition coefficient (Wildman–Crippen LogP) is 5.24. The summed E-state index contributed by atoms with van der Waals surface area (Å²) in [5.41, 5.74) is 9.55. The minimum Gasteiger partial charge on any atom is -0.398 e. The molecule has 0 fully saturated rings. The number of benzene rings is 4. The Hall–Kier alpha value is -2.80. The van der Waals surface area contributed by atoms with Gasteiger partial charge in [0.2, 0.25) is 0 Å². The summed E-state index contributed by atoms with van der Waals surface area (Å²) >= 11 is 0. The Morgan fingerprint density at radius 1 is 0.524 bits per heavy atom. The van der Waals surface area contributed by atoms with Gasteiger partial charge in [-0.25, -0.2) is 0 Å². The molecule has 1 nitrogen and oxygen atoms in total. The highest BCUT2D eigenvalue weighted by molar-refractivity contribution is 6.13. The Morgan fingerprint density at radius 2 is 1.24 bits per heavy atom. The first-order valence-electron chi connectivity index (χ1n) is 7.10. The summed E-state index contributed by atoms with van der Waals surface area (Å²) in [6.45, 7) is 0. The van der Waals surface area contributed by atoms with Gasteiger partial charge in [-0.05, 0) is 21.7 Å². The lowest BCUT2D eigenvalue weighted by Crippen LogP contribution is -1.92. The molecule has 0 radical (unpaired) electrons. The quantitative estimate of drug-likeness (QED) is 0.371. The Bertz CT molecular complexity index is 940. The highest BCUT2D eigenvalue weighted by atomic mass is 14.6. The molecule has 0 atom stereocenters. The molecule has 0 amide bonds. The fourth-order valence-corrected chi connectivity index (χ4v) is 2.98. The SMILES string of the molecule is Nc1c(-c2ccccc2)ccc2c1ccc1ccccc12. The smallest absolute Gasteiger partial charge is 0.0473 e. The second kappa shape index (κ2) is 4.64. The van der Waals surface area contributed by atoms with Crippen LogP contribution in [0.4, 0.5) is 5.69 Å². The molecule has 0 spiro atoms. The van der Waals surface area contributed by atoms with E-state index in [1.165, 1.54) is 16.2 Å². The van der Waals surface area contributed by atoms with Gasteiger partial charge in [0, 0.05) is 16.6 Å². The van der Waals surface area contributed by atoms with E-state index in [0.717, 1.165) is 22.2 Å². The molecule has 0 aromatic heterocycles. The summed E-state index contributed by atoms with van der Waals surface area (Å²) in [5.74, 6) is 0. The predicted molar refractivity (Wildman–Crippen MR) is 91.3 cm³/mol. The Kier molecular flexibility index (Phi) is 2.65. The van der Waals surface area contributed by atoms with E-state index in [1.54, 1.807) is 0 Å². The van der Waals surface area contributed by atoms with Gasteiger partial charge in [0.25, 0.3) is 0 Å². The molecule has 0 saturated heterocycles. The molecule has 21 heavy (non-hydrogen) atoms. The number of anilines is 1. The Morgan fingerprint density at radius 3 is 2.10 bits per heavy atom. The van der Waals surface area contributed by atoms with Crippen LogP contribution in [0.5, 0.6) is 0 Å². The zero-order valence-corrected chi connectivity index (χ0v) is 11.6. The van der Waals surface area contributed by atoms with Crippen LogP contribution in [0.3, 0.4) is 0 Å². The van der Waals surface area contributed by atoms with Crippen molar-refractivity contribution in [2.24, 2.45) is 0 Å². The van der Waals surface area contributed by atoms with Gasteiger partial charge in [0.15, 0.2) is 0 Å². The third kappa shape index (κ3) is 1.86. The summed E-state index contributed by atoms with van der Waals surface area (Å²) < 4.78 is 0. The van der Waals surface area contributed by atoms with Crippen molar-refractivity contribution in [1.29, 1.82) is 0 Å². The first-order valence-corrected chi connectivity index (χ1v) is 7.10. The molecule has 2 N–H and O–H groups in total. The molecule has 4 rings (SSSR count). The summed E-state index contributed by atoms with van der Waals surface area (Å²) in [6.07, 6.45) is 0. The van der Waals surface area contributed by atoms with Crippen molar-refractivity contribution in [2.45, 2.75) is 0 Å². The van der Waals surface area contributed by atoms with Crippen molar-refractivity contribution < 1.29 is 0 Å². The number of rotatable bonds is 1. The van der Waals surface area contributed by atoms with Crippen molar-refractivity contribution in [2.75, 3.05) is 5.73 Å². The van der Waals surface area contributed by atoms with Gasteiger partial charge in [0.1, 0.15) is 0 Å². The van der Waals surface area contributed by atoms with Gasteiger partial charge in [-0.15, -0.1) is 0 Å². The van der Waals surface area contributed by atoms with E-state index >= 15 is 0 Å². The van der Waals surface area contributed by atoms with Gasteiger partial charge >= 0.3 is 0 Å². The fraction of sp³-hybridized carbons (Fsp3) is 0. The highest BCUT2D eigenvalue weighted by Gasteiger charge is 2.08. The largest absolute Gasteiger partial charge is 0.398 e. The van der Waals surface area contributed by atoms with Crippen molar-refractivity contribution in [3.63, 3.8) is 0 Å². The second-order valence-corrected chi connectivity index (χ2v) is 5.27. The Balaban J connectivity index is 2.06. The third-order valence-electron chi connectivity index (χ3n) is 4.05. The average molecular weight is 269 g/mol. The van der Waals surface area contributed by atoms with Crippen LogP contribution in [0.1, 0.15) is 0 Å². The standard InChI is InChI=1S/C20H15N/c21-20-17(14-6-2-1-3-7-14)12-13-18-16-9-5-4-8-15(16)10-11-19(18)20/h1-13H,21H2. The molecule has 0 unspecified atom stereocenters. The zero-order chi connectivity index (χ0) is 14.2. The molecule has 0 aliphatic heterocycles. The lowest BCUT2D eigenvalue weighted by molar-refractivity contribution is 1.64. The Labute approximate surface area is 123 Å². The lowest BCUT2D eigenvalue weighted by atomic mass is 9.95. The van der Waals surface area contributed by atoms with Gasteiger partial charge in [-0.2, -0.15) is 0 Å². The van der Waals surface area contributed by atoms with Gasteiger partial charge in [0.05, 0.1) is 0 Å². The van der Waals surface area contributed by atoms with Crippen molar-refractivity contribution in [3.05, 3.63) is 78.9 Å². The molecular formula is C20H15N. The first kappa shape index (κ1) is 12.0. The van der Waals surface area contributed by atoms with Crippen LogP contribution in [0.25, 0.3) is 32.7 Å². The normalized spacial score (nSPS) is 11.0. The van der Waals surface area contributed by atoms with Crippen LogP contribution in [-0.4, -0.2) is 0 Å². The summed E-state index contributed by atoms with van der Waals surface area (Å²) in [5, 5.41) is 4.83. The van der Waals surface area contributed by atoms with Gasteiger partial charge < -0.3 is 5.73 Å². The van der Waals surface area contributed by atoms with Crippen LogP contribution in [0, 0.1) is 0 Å². The van der Waals surface area contributed by atoms with E-state index in [9.17, 15) is 0 Å². The van der Waals surface area contributed by atoms with Crippen LogP contribution in [-0.2, 0) is 0 Å². The van der Waals surface area contributed by atoms with Gasteiger partial charge in [-0.3, -0.25) is 0 Å². The molecule has 0 aliphatic carbocycles. The van der Waals surface area contributed by atoms with E-state index < -0.39 is 0 Å². The van der Waals surface area contributed by atoms with E-state index in [-0.39, 0.29) is 0 Å². The summed E-state index contributed by atoms with van der Waals surface area (Å²) in [7, 11) is 0. The number of hydrogen-bond donors (Lipinski definition) is 1.